The number of carbonyl (C=O) groups excluding carboxylic acids is 2. The Kier molecular flexibility index (Phi) is 10.5. The van der Waals surface area contributed by atoms with Gasteiger partial charge in [-0.05, 0) is 50.0 Å². The summed E-state index contributed by atoms with van der Waals surface area (Å²) < 4.78 is 10.3. The van der Waals surface area contributed by atoms with Crippen LogP contribution in [0.25, 0.3) is 0 Å². The van der Waals surface area contributed by atoms with Crippen LogP contribution in [-0.4, -0.2) is 61.2 Å². The standard InChI is InChI=1S/C22H30N2O4S/c1-27-21(26)12-4-2-3-7-15-24-16-8-10-19(24)17-28-22(29)23-14-13-18-9-5-6-11-20(18)25/h5-6,9,19H,2,4,8,10-17H2,1H3,(H,23,29)/t19-/m1/s1. The van der Waals surface area contributed by atoms with Gasteiger partial charge < -0.3 is 14.8 Å². The molecule has 0 aromatic heterocycles. The Bertz CT molecular complexity index is 705. The third kappa shape index (κ3) is 8.80. The van der Waals surface area contributed by atoms with Crippen LogP contribution < -0.4 is 5.32 Å². The van der Waals surface area contributed by atoms with E-state index in [0.717, 1.165) is 31.4 Å². The number of thiocarbonyl (C=S) groups is 1. The molecule has 1 heterocycles. The van der Waals surface area contributed by atoms with Gasteiger partial charge in [-0.25, -0.2) is 0 Å². The molecule has 1 fully saturated rings. The van der Waals surface area contributed by atoms with Gasteiger partial charge in [-0.3, -0.25) is 14.5 Å². The van der Waals surface area contributed by atoms with Crippen molar-refractivity contribution in [1.82, 2.24) is 10.2 Å². The maximum Gasteiger partial charge on any atom is 0.305 e. The first-order valence-electron chi connectivity index (χ1n) is 10.2. The first-order valence-corrected chi connectivity index (χ1v) is 10.6. The predicted octanol–water partition coefficient (Wildman–Crippen LogP) is 2.53. The third-order valence-corrected chi connectivity index (χ3v) is 5.24. The highest BCUT2D eigenvalue weighted by Crippen LogP contribution is 2.17. The Morgan fingerprint density at radius 2 is 2.28 bits per heavy atom. The van der Waals surface area contributed by atoms with E-state index >= 15 is 0 Å². The van der Waals surface area contributed by atoms with Gasteiger partial charge in [-0.15, -0.1) is 5.92 Å². The van der Waals surface area contributed by atoms with Crippen molar-refractivity contribution in [1.29, 1.82) is 0 Å². The van der Waals surface area contributed by atoms with Crippen LogP contribution in [0.3, 0.4) is 0 Å². The molecule has 29 heavy (non-hydrogen) atoms. The molecule has 1 N–H and O–H groups in total. The van der Waals surface area contributed by atoms with E-state index in [9.17, 15) is 9.59 Å². The Hall–Kier alpha value is -2.17. The van der Waals surface area contributed by atoms with Crippen LogP contribution in [0, 0.1) is 11.8 Å². The van der Waals surface area contributed by atoms with Crippen LogP contribution >= 0.6 is 12.2 Å². The number of rotatable bonds is 9. The van der Waals surface area contributed by atoms with Gasteiger partial charge in [0, 0.05) is 31.8 Å². The van der Waals surface area contributed by atoms with Gasteiger partial charge in [0.15, 0.2) is 5.78 Å². The van der Waals surface area contributed by atoms with Crippen molar-refractivity contribution in [2.75, 3.05) is 33.4 Å². The topological polar surface area (TPSA) is 67.9 Å². The monoisotopic (exact) mass is 418 g/mol. The summed E-state index contributed by atoms with van der Waals surface area (Å²) in [6.45, 7) is 2.85. The molecular formula is C22H30N2O4S. The lowest BCUT2D eigenvalue weighted by atomic mass is 10.0. The van der Waals surface area contributed by atoms with E-state index in [1.54, 1.807) is 0 Å². The highest BCUT2D eigenvalue weighted by atomic mass is 32.1. The van der Waals surface area contributed by atoms with Crippen molar-refractivity contribution >= 4 is 29.1 Å². The van der Waals surface area contributed by atoms with Crippen LogP contribution in [0.4, 0.5) is 0 Å². The molecular weight excluding hydrogens is 388 g/mol. The molecule has 0 amide bonds. The number of hydrogen-bond donors (Lipinski definition) is 1. The summed E-state index contributed by atoms with van der Waals surface area (Å²) >= 11 is 5.25. The van der Waals surface area contributed by atoms with Gasteiger partial charge >= 0.3 is 5.97 Å². The number of hydrogen-bond acceptors (Lipinski definition) is 6. The fourth-order valence-corrected chi connectivity index (χ4v) is 3.46. The quantitative estimate of drug-likeness (QED) is 0.267. The van der Waals surface area contributed by atoms with Crippen molar-refractivity contribution < 1.29 is 19.1 Å². The summed E-state index contributed by atoms with van der Waals surface area (Å²) in [5.41, 5.74) is 0.829. The number of carbonyl (C=O) groups is 2. The number of allylic oxidation sites excluding steroid dienone is 3. The van der Waals surface area contributed by atoms with Gasteiger partial charge in [-0.2, -0.15) is 0 Å². The number of nitrogens with zero attached hydrogens (tertiary/aromatic N) is 1. The average molecular weight is 419 g/mol. The lowest BCUT2D eigenvalue weighted by molar-refractivity contribution is -0.140. The van der Waals surface area contributed by atoms with E-state index in [0.29, 0.717) is 56.6 Å². The Balaban J connectivity index is 1.60. The second-order valence-electron chi connectivity index (χ2n) is 7.07. The number of likely N-dealkylation sites (tertiary alicyclic amines) is 1. The number of esters is 1. The molecule has 0 radical (unpaired) electrons. The number of unbranched alkanes of at least 4 members (excludes halogenated alkanes) is 1. The Morgan fingerprint density at radius 1 is 1.41 bits per heavy atom. The van der Waals surface area contributed by atoms with E-state index in [1.807, 2.05) is 18.2 Å². The number of Topliss-reactive ketones (excluding diaryl/α,β-unsaturated/α-hetero) is 1. The SMILES string of the molecule is COC(=O)CCCC#CCN1CCC[C@@H]1COC(=S)NCCC1=CC=CCC1=O. The molecule has 1 aliphatic carbocycles. The number of ketones is 1. The highest BCUT2D eigenvalue weighted by Gasteiger charge is 2.24. The molecule has 0 spiro atoms. The minimum atomic E-state index is -0.188. The highest BCUT2D eigenvalue weighted by molar-refractivity contribution is 7.80. The fraction of sp³-hybridized carbons (Fsp3) is 0.591. The maximum atomic E-state index is 11.7. The predicted molar refractivity (Wildman–Crippen MR) is 116 cm³/mol. The van der Waals surface area contributed by atoms with E-state index in [4.69, 9.17) is 17.0 Å². The summed E-state index contributed by atoms with van der Waals surface area (Å²) in [5, 5.41) is 3.46. The molecule has 158 valence electrons. The maximum absolute atomic E-state index is 11.7. The molecule has 0 aromatic carbocycles. The summed E-state index contributed by atoms with van der Waals surface area (Å²) in [5.74, 6) is 6.30. The van der Waals surface area contributed by atoms with Crippen LogP contribution in [0.2, 0.25) is 0 Å². The molecule has 7 heteroatoms. The molecule has 0 unspecified atom stereocenters. The molecule has 1 atom stereocenters. The Morgan fingerprint density at radius 3 is 3.07 bits per heavy atom. The zero-order valence-corrected chi connectivity index (χ0v) is 17.9. The van der Waals surface area contributed by atoms with Crippen LogP contribution in [0.5, 0.6) is 0 Å². The van der Waals surface area contributed by atoms with E-state index in [1.165, 1.54) is 7.11 Å². The van der Waals surface area contributed by atoms with Gasteiger partial charge in [0.05, 0.1) is 13.7 Å². The minimum absolute atomic E-state index is 0.175. The lowest BCUT2D eigenvalue weighted by Crippen LogP contribution is -2.36. The zero-order chi connectivity index (χ0) is 20.9. The summed E-state index contributed by atoms with van der Waals surface area (Å²) in [6.07, 6.45) is 10.8. The molecule has 0 aromatic rings. The van der Waals surface area contributed by atoms with E-state index in [-0.39, 0.29) is 11.8 Å². The number of ether oxygens (including phenoxy) is 2. The first-order chi connectivity index (χ1) is 14.1. The number of nitrogens with one attached hydrogen (secondary N) is 1. The minimum Gasteiger partial charge on any atom is -0.469 e. The largest absolute Gasteiger partial charge is 0.469 e. The Labute approximate surface area is 178 Å². The zero-order valence-electron chi connectivity index (χ0n) is 17.1. The third-order valence-electron chi connectivity index (χ3n) is 4.98. The smallest absolute Gasteiger partial charge is 0.305 e. The van der Waals surface area contributed by atoms with E-state index in [2.05, 4.69) is 26.8 Å². The second-order valence-corrected chi connectivity index (χ2v) is 7.44. The second kappa shape index (κ2) is 13.1. The van der Waals surface area contributed by atoms with E-state index < -0.39 is 0 Å². The fourth-order valence-electron chi connectivity index (χ4n) is 3.29. The summed E-state index contributed by atoms with van der Waals surface area (Å²) in [4.78, 5) is 25.1. The van der Waals surface area contributed by atoms with Crippen LogP contribution in [0.15, 0.2) is 23.8 Å². The molecule has 1 aliphatic heterocycles. The van der Waals surface area contributed by atoms with Gasteiger partial charge in [0.25, 0.3) is 5.17 Å². The molecule has 2 rings (SSSR count). The molecule has 1 saturated heterocycles. The molecule has 0 bridgehead atoms. The van der Waals surface area contributed by atoms with Crippen molar-refractivity contribution in [3.8, 4) is 11.8 Å². The van der Waals surface area contributed by atoms with Crippen molar-refractivity contribution in [2.24, 2.45) is 0 Å². The first kappa shape index (κ1) is 23.1. The average Bonchev–Trinajstić information content (AvgIpc) is 3.17. The van der Waals surface area contributed by atoms with Crippen molar-refractivity contribution in [2.45, 2.75) is 51.0 Å². The summed E-state index contributed by atoms with van der Waals surface area (Å²) in [6, 6.07) is 0.312. The molecule has 6 nitrogen and oxygen atoms in total. The van der Waals surface area contributed by atoms with Gasteiger partial charge in [-0.1, -0.05) is 24.1 Å². The normalized spacial score (nSPS) is 18.6. The van der Waals surface area contributed by atoms with Crippen LogP contribution in [-0.2, 0) is 19.1 Å². The van der Waals surface area contributed by atoms with Gasteiger partial charge in [0.2, 0.25) is 0 Å². The summed E-state index contributed by atoms with van der Waals surface area (Å²) in [7, 11) is 1.40. The lowest BCUT2D eigenvalue weighted by Gasteiger charge is -2.22. The molecule has 2 aliphatic rings. The van der Waals surface area contributed by atoms with Gasteiger partial charge in [0.1, 0.15) is 6.61 Å². The van der Waals surface area contributed by atoms with Crippen molar-refractivity contribution in [3.63, 3.8) is 0 Å². The number of methoxy groups -OCH3 is 1. The van der Waals surface area contributed by atoms with Crippen LogP contribution in [0.1, 0.15) is 44.9 Å². The molecule has 0 saturated carbocycles. The van der Waals surface area contributed by atoms with Crippen molar-refractivity contribution in [3.05, 3.63) is 23.8 Å².